The van der Waals surface area contributed by atoms with E-state index in [0.717, 1.165) is 52.8 Å². The maximum absolute atomic E-state index is 16.0. The number of ether oxygens (including phenoxy) is 9. The van der Waals surface area contributed by atoms with Crippen LogP contribution in [0.4, 0.5) is 4.39 Å². The lowest BCUT2D eigenvalue weighted by atomic mass is 9.77. The molecule has 0 bridgehead atoms. The van der Waals surface area contributed by atoms with Crippen LogP contribution < -0.4 is 4.74 Å². The molecule has 0 aliphatic heterocycles. The summed E-state index contributed by atoms with van der Waals surface area (Å²) >= 11 is 0. The van der Waals surface area contributed by atoms with Crippen molar-refractivity contribution in [2.75, 3.05) is 73.7 Å². The Morgan fingerprint density at radius 3 is 1.83 bits per heavy atom. The number of unbranched alkanes of at least 4 members (excludes halogenated alkanes) is 2. The van der Waals surface area contributed by atoms with Crippen molar-refractivity contribution in [3.63, 3.8) is 0 Å². The number of carbonyl (C=O) groups excluding carboxylic acids is 5. The second-order valence-electron chi connectivity index (χ2n) is 17.7. The molecule has 70 heavy (non-hydrogen) atoms. The summed E-state index contributed by atoms with van der Waals surface area (Å²) in [5.41, 5.74) is 4.54. The van der Waals surface area contributed by atoms with Crippen LogP contribution in [0.25, 0.3) is 22.3 Å². The van der Waals surface area contributed by atoms with Crippen molar-refractivity contribution in [1.82, 2.24) is 0 Å². The summed E-state index contributed by atoms with van der Waals surface area (Å²) in [6, 6.07) is 17.2. The van der Waals surface area contributed by atoms with E-state index in [9.17, 15) is 24.0 Å². The summed E-state index contributed by atoms with van der Waals surface area (Å²) in [4.78, 5) is 62.6. The van der Waals surface area contributed by atoms with Gasteiger partial charge in [-0.1, -0.05) is 89.1 Å². The smallest absolute Gasteiger partial charge is 0.417 e. The highest BCUT2D eigenvalue weighted by Crippen LogP contribution is 2.40. The fourth-order valence-corrected chi connectivity index (χ4v) is 8.28. The molecule has 382 valence electrons. The highest BCUT2D eigenvalue weighted by Gasteiger charge is 2.39. The van der Waals surface area contributed by atoms with E-state index < -0.39 is 48.5 Å². The Balaban J connectivity index is 1.63. The van der Waals surface area contributed by atoms with E-state index in [4.69, 9.17) is 42.6 Å². The summed E-state index contributed by atoms with van der Waals surface area (Å²) in [5.74, 6) is -4.51. The number of esters is 5. The predicted octanol–water partition coefficient (Wildman–Crippen LogP) is 9.62. The van der Waals surface area contributed by atoms with Gasteiger partial charge in [0.05, 0.1) is 26.1 Å². The van der Waals surface area contributed by atoms with E-state index in [1.807, 2.05) is 43.3 Å². The second-order valence-corrected chi connectivity index (χ2v) is 17.7. The molecule has 1 saturated carbocycles. The van der Waals surface area contributed by atoms with Gasteiger partial charge < -0.3 is 42.6 Å². The molecule has 0 N–H and O–H groups in total. The molecule has 3 aromatic rings. The molecule has 0 aromatic heterocycles. The molecule has 4 rings (SSSR count). The van der Waals surface area contributed by atoms with Gasteiger partial charge in [0, 0.05) is 25.4 Å². The molecule has 3 aromatic carbocycles. The van der Waals surface area contributed by atoms with Crippen molar-refractivity contribution in [3.05, 3.63) is 102 Å². The molecular formula is C55H71FO14. The van der Waals surface area contributed by atoms with Crippen LogP contribution >= 0.6 is 0 Å². The van der Waals surface area contributed by atoms with Gasteiger partial charge in [0.15, 0.2) is 0 Å². The topological polar surface area (TPSA) is 168 Å². The largest absolute Gasteiger partial charge is 0.501 e. The van der Waals surface area contributed by atoms with Crippen molar-refractivity contribution in [1.29, 1.82) is 0 Å². The van der Waals surface area contributed by atoms with Gasteiger partial charge in [0.1, 0.15) is 56.6 Å². The van der Waals surface area contributed by atoms with Crippen LogP contribution in [0.3, 0.4) is 0 Å². The van der Waals surface area contributed by atoms with Crippen LogP contribution in [-0.2, 0) is 74.7 Å². The van der Waals surface area contributed by atoms with E-state index in [-0.39, 0.29) is 57.6 Å². The average Bonchev–Trinajstić information content (AvgIpc) is 3.37. The molecule has 0 amide bonds. The van der Waals surface area contributed by atoms with Crippen LogP contribution in [0, 0.1) is 17.2 Å². The van der Waals surface area contributed by atoms with Crippen LogP contribution in [0.5, 0.6) is 5.75 Å². The molecule has 0 spiro atoms. The minimum atomic E-state index is -1.54. The first-order chi connectivity index (χ1) is 33.8. The van der Waals surface area contributed by atoms with E-state index in [0.29, 0.717) is 42.1 Å². The monoisotopic (exact) mass is 974 g/mol. The Kier molecular flexibility index (Phi) is 24.1. The summed E-state index contributed by atoms with van der Waals surface area (Å²) in [6.45, 7) is 10.9. The van der Waals surface area contributed by atoms with Crippen LogP contribution in [-0.4, -0.2) is 104 Å². The fraction of sp³-hybridized carbons (Fsp3) is 0.509. The molecule has 0 atom stereocenters. The van der Waals surface area contributed by atoms with E-state index in [2.05, 4.69) is 26.1 Å². The van der Waals surface area contributed by atoms with Gasteiger partial charge in [-0.05, 0) is 115 Å². The number of hydrogen-bond acceptors (Lipinski definition) is 14. The zero-order chi connectivity index (χ0) is 50.9. The van der Waals surface area contributed by atoms with Gasteiger partial charge in [0.25, 0.3) is 0 Å². The summed E-state index contributed by atoms with van der Waals surface area (Å²) < 4.78 is 63.6. The Hall–Kier alpha value is -6.06. The van der Waals surface area contributed by atoms with Gasteiger partial charge in [-0.15, -0.1) is 0 Å². The Bertz CT molecular complexity index is 2170. The molecule has 14 nitrogen and oxygen atoms in total. The number of methoxy groups -OCH3 is 2. The first-order valence-electron chi connectivity index (χ1n) is 24.2. The molecular weight excluding hydrogens is 904 g/mol. The van der Waals surface area contributed by atoms with E-state index in [1.54, 1.807) is 19.1 Å². The lowest BCUT2D eigenvalue weighted by Gasteiger charge is -2.32. The lowest BCUT2D eigenvalue weighted by molar-refractivity contribution is -0.177. The molecule has 15 heteroatoms. The van der Waals surface area contributed by atoms with Gasteiger partial charge in [0.2, 0.25) is 0 Å². The van der Waals surface area contributed by atoms with Gasteiger partial charge in [-0.25, -0.2) is 28.4 Å². The minimum Gasteiger partial charge on any atom is -0.501 e. The maximum Gasteiger partial charge on any atom is 0.417 e. The lowest BCUT2D eigenvalue weighted by Crippen LogP contribution is -2.44. The zero-order valence-electron chi connectivity index (χ0n) is 41.6. The summed E-state index contributed by atoms with van der Waals surface area (Å²) in [7, 11) is 2.80. The normalized spacial score (nSPS) is 14.5. The van der Waals surface area contributed by atoms with Crippen molar-refractivity contribution in [2.24, 2.45) is 11.3 Å². The third-order valence-corrected chi connectivity index (χ3v) is 12.3. The number of aryl methyl sites for hydroxylation is 2. The zero-order valence-corrected chi connectivity index (χ0v) is 41.6. The van der Waals surface area contributed by atoms with Crippen molar-refractivity contribution in [2.45, 2.75) is 97.3 Å². The van der Waals surface area contributed by atoms with Crippen LogP contribution in [0.1, 0.15) is 101 Å². The first-order valence-corrected chi connectivity index (χ1v) is 24.2. The fourth-order valence-electron chi connectivity index (χ4n) is 8.28. The molecule has 0 unspecified atom stereocenters. The third-order valence-electron chi connectivity index (χ3n) is 12.3. The Labute approximate surface area is 412 Å². The second kappa shape index (κ2) is 29.9. The van der Waals surface area contributed by atoms with E-state index in [1.165, 1.54) is 52.7 Å². The SMILES string of the molecule is C=COCC(COC(=O)C(=O)OCCOC)(COC(=O)C(=O)OCCOC)COc1ccc(-c2ccc(-c3ccc(C4CCC(CCCCC)CC4)cc3F)cc2CC)cc1CCCOC(=O)C(=C)C. The van der Waals surface area contributed by atoms with Crippen molar-refractivity contribution >= 4 is 29.8 Å². The number of halogens is 1. The van der Waals surface area contributed by atoms with Gasteiger partial charge in [-0.2, -0.15) is 0 Å². The Morgan fingerprint density at radius 1 is 0.657 bits per heavy atom. The highest BCUT2D eigenvalue weighted by atomic mass is 19.1. The van der Waals surface area contributed by atoms with Crippen LogP contribution in [0.15, 0.2) is 79.6 Å². The molecule has 0 radical (unpaired) electrons. The van der Waals surface area contributed by atoms with Crippen LogP contribution in [0.2, 0.25) is 0 Å². The number of hydrogen-bond donors (Lipinski definition) is 0. The first kappa shape index (κ1) is 56.5. The minimum absolute atomic E-state index is 0.0390. The predicted molar refractivity (Wildman–Crippen MR) is 261 cm³/mol. The average molecular weight is 975 g/mol. The van der Waals surface area contributed by atoms with Gasteiger partial charge in [-0.3, -0.25) is 0 Å². The van der Waals surface area contributed by atoms with Crippen molar-refractivity contribution in [3.8, 4) is 28.0 Å². The van der Waals surface area contributed by atoms with Gasteiger partial charge >= 0.3 is 29.8 Å². The molecule has 0 heterocycles. The summed E-state index contributed by atoms with van der Waals surface area (Å²) in [6.07, 6.45) is 12.2. The van der Waals surface area contributed by atoms with Crippen molar-refractivity contribution < 1.29 is 71.0 Å². The molecule has 0 saturated heterocycles. The number of carbonyl (C=O) groups is 5. The molecule has 1 aliphatic carbocycles. The number of benzene rings is 3. The summed E-state index contributed by atoms with van der Waals surface area (Å²) in [5, 5.41) is 0. The molecule has 1 fully saturated rings. The quantitative estimate of drug-likeness (QED) is 0.0161. The standard InChI is InChI=1S/C55H71FO14/c1-8-11-12-14-39-16-18-41(19-17-39)42-20-24-47(48(56)33-42)44-21-23-46(40(9-2)31-44)43-22-25-49(45(32-43)15-13-26-65-50(57)38(4)5)68-35-55(34-64-10-3,36-69-53(60)51(58)66-29-27-62-6)37-70-54(61)52(59)67-30-28-63-7/h10,20-25,31-33,39,41H,3-4,8-9,11-19,26-30,34-37H2,1-2,5-7H3. The third kappa shape index (κ3) is 17.7. The maximum atomic E-state index is 16.0. The highest BCUT2D eigenvalue weighted by molar-refractivity contribution is 6.30. The molecule has 1 aliphatic rings. The van der Waals surface area contributed by atoms with E-state index >= 15 is 4.39 Å². The Morgan fingerprint density at radius 2 is 1.24 bits per heavy atom. The number of rotatable bonds is 29.